The highest BCUT2D eigenvalue weighted by molar-refractivity contribution is 6.28. The van der Waals surface area contributed by atoms with E-state index in [4.69, 9.17) is 21.1 Å². The summed E-state index contributed by atoms with van der Waals surface area (Å²) in [5.74, 6) is 2.42. The van der Waals surface area contributed by atoms with Crippen molar-refractivity contribution in [2.75, 3.05) is 17.4 Å². The molecule has 144 valence electrons. The summed E-state index contributed by atoms with van der Waals surface area (Å²) >= 11 is 6.10. The summed E-state index contributed by atoms with van der Waals surface area (Å²) in [6, 6.07) is 15.9. The van der Waals surface area contributed by atoms with Crippen molar-refractivity contribution in [1.29, 1.82) is 0 Å². The first-order valence-corrected chi connectivity index (χ1v) is 9.36. The van der Waals surface area contributed by atoms with Crippen molar-refractivity contribution < 1.29 is 9.47 Å². The molecule has 0 fully saturated rings. The highest BCUT2D eigenvalue weighted by atomic mass is 35.5. The molecule has 1 aliphatic rings. The van der Waals surface area contributed by atoms with E-state index < -0.39 is 0 Å². The average Bonchev–Trinajstić information content (AvgIpc) is 3.15. The first kappa shape index (κ1) is 18.3. The fourth-order valence-corrected chi connectivity index (χ4v) is 3.11. The van der Waals surface area contributed by atoms with Gasteiger partial charge in [0.05, 0.1) is 0 Å². The van der Waals surface area contributed by atoms with Crippen molar-refractivity contribution in [3.05, 3.63) is 59.4 Å². The number of benzene rings is 2. The van der Waals surface area contributed by atoms with Gasteiger partial charge in [-0.05, 0) is 36.2 Å². The summed E-state index contributed by atoms with van der Waals surface area (Å²) < 4.78 is 10.7. The van der Waals surface area contributed by atoms with Gasteiger partial charge < -0.3 is 20.1 Å². The molecule has 0 saturated carbocycles. The van der Waals surface area contributed by atoms with Crippen LogP contribution in [0.15, 0.2) is 48.5 Å². The SMILES string of the molecule is C[C@@H](Nc1nc(Cl)nc(Nc2ccc3c(c2)OCO3)n1)[C@@H](C)c1ccccc1. The predicted octanol–water partition coefficient (Wildman–Crippen LogP) is 4.60. The van der Waals surface area contributed by atoms with E-state index in [1.165, 1.54) is 5.56 Å². The molecule has 1 aromatic heterocycles. The first-order valence-electron chi connectivity index (χ1n) is 8.98. The Kier molecular flexibility index (Phi) is 5.16. The zero-order chi connectivity index (χ0) is 19.5. The minimum Gasteiger partial charge on any atom is -0.454 e. The number of anilines is 3. The number of hydrogen-bond acceptors (Lipinski definition) is 7. The van der Waals surface area contributed by atoms with E-state index in [0.717, 1.165) is 5.69 Å². The molecule has 0 unspecified atom stereocenters. The van der Waals surface area contributed by atoms with Crippen LogP contribution in [0.2, 0.25) is 5.28 Å². The zero-order valence-corrected chi connectivity index (χ0v) is 16.3. The number of ether oxygens (including phenoxy) is 2. The maximum absolute atomic E-state index is 6.10. The Morgan fingerprint density at radius 1 is 0.929 bits per heavy atom. The van der Waals surface area contributed by atoms with Gasteiger partial charge in [0.25, 0.3) is 0 Å². The van der Waals surface area contributed by atoms with E-state index in [-0.39, 0.29) is 24.0 Å². The Labute approximate surface area is 168 Å². The molecule has 0 radical (unpaired) electrons. The van der Waals surface area contributed by atoms with E-state index in [1.807, 2.05) is 36.4 Å². The van der Waals surface area contributed by atoms with Crippen LogP contribution in [0.1, 0.15) is 25.3 Å². The predicted molar refractivity (Wildman–Crippen MR) is 109 cm³/mol. The van der Waals surface area contributed by atoms with Crippen molar-refractivity contribution in [3.8, 4) is 11.5 Å². The number of rotatable bonds is 6. The van der Waals surface area contributed by atoms with Crippen molar-refractivity contribution in [3.63, 3.8) is 0 Å². The molecule has 0 spiro atoms. The molecule has 0 saturated heterocycles. The van der Waals surface area contributed by atoms with Crippen molar-refractivity contribution in [1.82, 2.24) is 15.0 Å². The number of fused-ring (bicyclic) bond motifs is 1. The molecule has 8 heteroatoms. The number of halogens is 1. The normalized spacial score (nSPS) is 14.4. The Hall–Kier alpha value is -3.06. The van der Waals surface area contributed by atoms with Gasteiger partial charge in [-0.2, -0.15) is 15.0 Å². The Morgan fingerprint density at radius 3 is 2.50 bits per heavy atom. The van der Waals surface area contributed by atoms with Crippen LogP contribution in [0, 0.1) is 0 Å². The minimum absolute atomic E-state index is 0.0965. The second-order valence-corrected chi connectivity index (χ2v) is 6.92. The van der Waals surface area contributed by atoms with Gasteiger partial charge >= 0.3 is 0 Å². The highest BCUT2D eigenvalue weighted by Crippen LogP contribution is 2.35. The second-order valence-electron chi connectivity index (χ2n) is 6.58. The third-order valence-electron chi connectivity index (χ3n) is 4.67. The van der Waals surface area contributed by atoms with E-state index in [1.54, 1.807) is 0 Å². The number of aromatic nitrogens is 3. The molecular weight excluding hydrogens is 378 g/mol. The van der Waals surface area contributed by atoms with Crippen LogP contribution in [0.25, 0.3) is 0 Å². The van der Waals surface area contributed by atoms with Crippen LogP contribution >= 0.6 is 11.6 Å². The lowest BCUT2D eigenvalue weighted by atomic mass is 9.95. The summed E-state index contributed by atoms with van der Waals surface area (Å²) in [4.78, 5) is 12.8. The molecular formula is C20H20ClN5O2. The third-order valence-corrected chi connectivity index (χ3v) is 4.84. The van der Waals surface area contributed by atoms with Crippen LogP contribution in [-0.4, -0.2) is 27.8 Å². The number of hydrogen-bond donors (Lipinski definition) is 2. The highest BCUT2D eigenvalue weighted by Gasteiger charge is 2.17. The molecule has 2 heterocycles. The molecule has 28 heavy (non-hydrogen) atoms. The van der Waals surface area contributed by atoms with Gasteiger partial charge in [0.1, 0.15) is 0 Å². The third kappa shape index (κ3) is 4.09. The lowest BCUT2D eigenvalue weighted by Crippen LogP contribution is -2.24. The molecule has 3 aromatic rings. The molecule has 1 aliphatic heterocycles. The molecule has 0 bridgehead atoms. The number of nitrogens with one attached hydrogen (secondary N) is 2. The summed E-state index contributed by atoms with van der Waals surface area (Å²) in [6.07, 6.45) is 0. The van der Waals surface area contributed by atoms with E-state index in [9.17, 15) is 0 Å². The van der Waals surface area contributed by atoms with Crippen LogP contribution in [0.5, 0.6) is 11.5 Å². The first-order chi connectivity index (χ1) is 13.6. The molecule has 7 nitrogen and oxygen atoms in total. The van der Waals surface area contributed by atoms with Crippen molar-refractivity contribution >= 4 is 29.2 Å². The van der Waals surface area contributed by atoms with Crippen LogP contribution in [-0.2, 0) is 0 Å². The van der Waals surface area contributed by atoms with Crippen molar-refractivity contribution in [2.45, 2.75) is 25.8 Å². The van der Waals surface area contributed by atoms with Crippen LogP contribution < -0.4 is 20.1 Å². The molecule has 4 rings (SSSR count). The van der Waals surface area contributed by atoms with Gasteiger partial charge in [-0.15, -0.1) is 0 Å². The Morgan fingerprint density at radius 2 is 1.68 bits per heavy atom. The fraction of sp³-hybridized carbons (Fsp3) is 0.250. The molecule has 2 N–H and O–H groups in total. The molecule has 0 amide bonds. The lowest BCUT2D eigenvalue weighted by molar-refractivity contribution is 0.174. The van der Waals surface area contributed by atoms with Gasteiger partial charge in [-0.25, -0.2) is 0 Å². The van der Waals surface area contributed by atoms with E-state index >= 15 is 0 Å². The number of nitrogens with zero attached hydrogens (tertiary/aromatic N) is 3. The topological polar surface area (TPSA) is 81.2 Å². The Bertz CT molecular complexity index is 970. The molecule has 0 aliphatic carbocycles. The lowest BCUT2D eigenvalue weighted by Gasteiger charge is -2.22. The quantitative estimate of drug-likeness (QED) is 0.628. The van der Waals surface area contributed by atoms with Crippen molar-refractivity contribution in [2.24, 2.45) is 0 Å². The monoisotopic (exact) mass is 397 g/mol. The molecule has 2 atom stereocenters. The van der Waals surface area contributed by atoms with Gasteiger partial charge in [-0.3, -0.25) is 0 Å². The van der Waals surface area contributed by atoms with Crippen LogP contribution in [0.3, 0.4) is 0 Å². The summed E-state index contributed by atoms with van der Waals surface area (Å²) in [5.41, 5.74) is 2.00. The van der Waals surface area contributed by atoms with Gasteiger partial charge in [0.15, 0.2) is 11.5 Å². The zero-order valence-electron chi connectivity index (χ0n) is 15.5. The minimum atomic E-state index is 0.0965. The smallest absolute Gasteiger partial charge is 0.233 e. The summed E-state index contributed by atoms with van der Waals surface area (Å²) in [7, 11) is 0. The van der Waals surface area contributed by atoms with E-state index in [0.29, 0.717) is 23.4 Å². The van der Waals surface area contributed by atoms with E-state index in [2.05, 4.69) is 51.6 Å². The van der Waals surface area contributed by atoms with Gasteiger partial charge in [0, 0.05) is 23.7 Å². The standard InChI is InChI=1S/C20H20ClN5O2/c1-12(14-6-4-3-5-7-14)13(2)22-19-24-18(21)25-20(26-19)23-15-8-9-16-17(10-15)28-11-27-16/h3-10,12-13H,11H2,1-2H3,(H2,22,23,24,25,26)/t12-,13-/m1/s1. The fourth-order valence-electron chi connectivity index (χ4n) is 2.95. The maximum Gasteiger partial charge on any atom is 0.233 e. The average molecular weight is 398 g/mol. The molecule has 2 aromatic carbocycles. The van der Waals surface area contributed by atoms with Gasteiger partial charge in [0.2, 0.25) is 24.0 Å². The second kappa shape index (κ2) is 7.90. The summed E-state index contributed by atoms with van der Waals surface area (Å²) in [6.45, 7) is 4.46. The maximum atomic E-state index is 6.10. The van der Waals surface area contributed by atoms with Gasteiger partial charge in [-0.1, -0.05) is 37.3 Å². The van der Waals surface area contributed by atoms with Crippen LogP contribution in [0.4, 0.5) is 17.6 Å². The Balaban J connectivity index is 1.49. The largest absolute Gasteiger partial charge is 0.454 e. The summed E-state index contributed by atoms with van der Waals surface area (Å²) in [5, 5.41) is 6.56.